The maximum atomic E-state index is 12.8. The zero-order valence-electron chi connectivity index (χ0n) is 19.9. The van der Waals surface area contributed by atoms with Crippen molar-refractivity contribution in [1.82, 2.24) is 0 Å². The Kier molecular flexibility index (Phi) is 5.61. The first-order valence-electron chi connectivity index (χ1n) is 11.1. The summed E-state index contributed by atoms with van der Waals surface area (Å²) in [6.45, 7) is 12.0. The molecule has 5 heteroatoms. The van der Waals surface area contributed by atoms with Gasteiger partial charge in [-0.1, -0.05) is 63.2 Å². The normalized spacial score (nSPS) is 19.2. The van der Waals surface area contributed by atoms with Gasteiger partial charge in [0, 0.05) is 5.56 Å². The average molecular weight is 444 g/mol. The standard InChI is InChI=1S/C28H29NO4/c1-27(2,3)19-13-11-17(12-14-19)24-29-23(26(31)32-24)16-18-15-22(25(30)33-28(4,5)6)21-10-8-7-9-20(18)21/h7-16,22H,1-6H3/b23-16+. The molecule has 2 aliphatic rings. The summed E-state index contributed by atoms with van der Waals surface area (Å²) < 4.78 is 11.1. The monoisotopic (exact) mass is 443 g/mol. The van der Waals surface area contributed by atoms with Crippen LogP contribution < -0.4 is 0 Å². The second-order valence-electron chi connectivity index (χ2n) is 10.4. The number of nitrogens with zero attached hydrogens (tertiary/aromatic N) is 1. The number of esters is 2. The predicted molar refractivity (Wildman–Crippen MR) is 129 cm³/mol. The van der Waals surface area contributed by atoms with Gasteiger partial charge in [-0.25, -0.2) is 9.79 Å². The molecule has 0 fully saturated rings. The Morgan fingerprint density at radius 3 is 2.30 bits per heavy atom. The third-order valence-electron chi connectivity index (χ3n) is 5.52. The molecule has 5 nitrogen and oxygen atoms in total. The molecule has 4 rings (SSSR count). The number of allylic oxidation sites excluding steroid dienone is 2. The topological polar surface area (TPSA) is 65.0 Å². The van der Waals surface area contributed by atoms with E-state index in [-0.39, 0.29) is 23.0 Å². The summed E-state index contributed by atoms with van der Waals surface area (Å²) in [7, 11) is 0. The average Bonchev–Trinajstić information content (AvgIpc) is 3.28. The summed E-state index contributed by atoms with van der Waals surface area (Å²) in [4.78, 5) is 29.8. The number of aliphatic imine (C=N–C) groups is 1. The van der Waals surface area contributed by atoms with Gasteiger partial charge in [-0.3, -0.25) is 4.79 Å². The highest BCUT2D eigenvalue weighted by Gasteiger charge is 2.33. The Labute approximate surface area is 194 Å². The van der Waals surface area contributed by atoms with Crippen LogP contribution in [0.3, 0.4) is 0 Å². The van der Waals surface area contributed by atoms with Gasteiger partial charge >= 0.3 is 11.9 Å². The molecule has 1 unspecified atom stereocenters. The molecule has 2 aromatic rings. The number of benzene rings is 2. The van der Waals surface area contributed by atoms with Crippen LogP contribution in [0.5, 0.6) is 0 Å². The fourth-order valence-electron chi connectivity index (χ4n) is 3.87. The third kappa shape index (κ3) is 4.82. The van der Waals surface area contributed by atoms with Crippen LogP contribution in [0.15, 0.2) is 71.4 Å². The molecule has 0 spiro atoms. The number of carbonyl (C=O) groups is 2. The van der Waals surface area contributed by atoms with Crippen molar-refractivity contribution in [3.8, 4) is 0 Å². The van der Waals surface area contributed by atoms with E-state index >= 15 is 0 Å². The Morgan fingerprint density at radius 2 is 1.67 bits per heavy atom. The molecule has 0 saturated heterocycles. The second-order valence-corrected chi connectivity index (χ2v) is 10.4. The molecule has 1 atom stereocenters. The van der Waals surface area contributed by atoms with Crippen LogP contribution in [0.2, 0.25) is 0 Å². The molecule has 0 N–H and O–H groups in total. The first-order valence-corrected chi connectivity index (χ1v) is 11.1. The molecule has 1 heterocycles. The number of carbonyl (C=O) groups excluding carboxylic acids is 2. The Hall–Kier alpha value is -3.47. The van der Waals surface area contributed by atoms with Gasteiger partial charge in [0.1, 0.15) is 11.5 Å². The molecule has 0 saturated carbocycles. The first-order chi connectivity index (χ1) is 15.4. The van der Waals surface area contributed by atoms with E-state index < -0.39 is 17.5 Å². The maximum absolute atomic E-state index is 12.8. The van der Waals surface area contributed by atoms with Gasteiger partial charge in [0.2, 0.25) is 5.90 Å². The van der Waals surface area contributed by atoms with E-state index in [4.69, 9.17) is 9.47 Å². The van der Waals surface area contributed by atoms with Crippen molar-refractivity contribution in [2.45, 2.75) is 58.5 Å². The van der Waals surface area contributed by atoms with Crippen LogP contribution in [0.25, 0.3) is 5.57 Å². The van der Waals surface area contributed by atoms with Crippen LogP contribution in [0, 0.1) is 0 Å². The van der Waals surface area contributed by atoms with Crippen LogP contribution in [-0.2, 0) is 24.5 Å². The van der Waals surface area contributed by atoms with Crippen LogP contribution in [-0.4, -0.2) is 23.4 Å². The van der Waals surface area contributed by atoms with Gasteiger partial charge < -0.3 is 9.47 Å². The molecule has 0 radical (unpaired) electrons. The van der Waals surface area contributed by atoms with E-state index in [1.165, 1.54) is 5.56 Å². The minimum Gasteiger partial charge on any atom is -0.459 e. The van der Waals surface area contributed by atoms with E-state index in [1.54, 1.807) is 6.08 Å². The van der Waals surface area contributed by atoms with Gasteiger partial charge in [0.05, 0.1) is 0 Å². The number of hydrogen-bond donors (Lipinski definition) is 0. The number of rotatable bonds is 3. The van der Waals surface area contributed by atoms with Crippen LogP contribution in [0.4, 0.5) is 0 Å². The smallest absolute Gasteiger partial charge is 0.363 e. The van der Waals surface area contributed by atoms with Gasteiger partial charge in [0.25, 0.3) is 0 Å². The maximum Gasteiger partial charge on any atom is 0.363 e. The van der Waals surface area contributed by atoms with E-state index in [0.717, 1.165) is 22.3 Å². The van der Waals surface area contributed by atoms with Crippen LogP contribution >= 0.6 is 0 Å². The second kappa shape index (κ2) is 8.14. The fourth-order valence-corrected chi connectivity index (χ4v) is 3.87. The molecule has 33 heavy (non-hydrogen) atoms. The van der Waals surface area contributed by atoms with Gasteiger partial charge in [0.15, 0.2) is 5.70 Å². The SMILES string of the molecule is CC(C)(C)OC(=O)C1C=C(/C=C2/N=C(c3ccc(C(C)(C)C)cc3)OC2=O)c2ccccc21. The number of fused-ring (bicyclic) bond motifs is 1. The van der Waals surface area contributed by atoms with Crippen molar-refractivity contribution in [3.05, 3.63) is 88.6 Å². The minimum absolute atomic E-state index is 0.0325. The zero-order chi connectivity index (χ0) is 24.0. The fraction of sp³-hybridized carbons (Fsp3) is 0.321. The summed E-state index contributed by atoms with van der Waals surface area (Å²) in [5.74, 6) is -1.08. The van der Waals surface area contributed by atoms with Crippen molar-refractivity contribution >= 4 is 23.4 Å². The number of hydrogen-bond acceptors (Lipinski definition) is 5. The van der Waals surface area contributed by atoms with E-state index in [0.29, 0.717) is 0 Å². The summed E-state index contributed by atoms with van der Waals surface area (Å²) in [6, 6.07) is 15.5. The van der Waals surface area contributed by atoms with Gasteiger partial charge in [-0.05, 0) is 66.7 Å². The Bertz CT molecular complexity index is 1200. The van der Waals surface area contributed by atoms with Crippen molar-refractivity contribution in [1.29, 1.82) is 0 Å². The highest BCUT2D eigenvalue weighted by atomic mass is 16.6. The van der Waals surface area contributed by atoms with Crippen LogP contribution in [0.1, 0.15) is 69.7 Å². The summed E-state index contributed by atoms with van der Waals surface area (Å²) in [5.41, 5.74) is 4.07. The Morgan fingerprint density at radius 1 is 1.00 bits per heavy atom. The molecular weight excluding hydrogens is 414 g/mol. The lowest BCUT2D eigenvalue weighted by atomic mass is 9.87. The predicted octanol–water partition coefficient (Wildman–Crippen LogP) is 5.69. The van der Waals surface area contributed by atoms with E-state index in [1.807, 2.05) is 75.4 Å². The largest absolute Gasteiger partial charge is 0.459 e. The van der Waals surface area contributed by atoms with Gasteiger partial charge in [-0.2, -0.15) is 0 Å². The van der Waals surface area contributed by atoms with Crippen molar-refractivity contribution < 1.29 is 19.1 Å². The first kappa shape index (κ1) is 22.7. The molecule has 170 valence electrons. The minimum atomic E-state index is -0.585. The molecule has 1 aliphatic carbocycles. The lowest BCUT2D eigenvalue weighted by Crippen LogP contribution is -2.26. The highest BCUT2D eigenvalue weighted by Crippen LogP contribution is 2.39. The number of cyclic esters (lactones) is 1. The van der Waals surface area contributed by atoms with E-state index in [2.05, 4.69) is 25.8 Å². The molecule has 1 aliphatic heterocycles. The lowest BCUT2D eigenvalue weighted by molar-refractivity contribution is -0.155. The Balaban J connectivity index is 1.65. The van der Waals surface area contributed by atoms with E-state index in [9.17, 15) is 9.59 Å². The molecule has 0 bridgehead atoms. The molecule has 2 aromatic carbocycles. The quantitative estimate of drug-likeness (QED) is 0.451. The third-order valence-corrected chi connectivity index (χ3v) is 5.52. The summed E-state index contributed by atoms with van der Waals surface area (Å²) >= 11 is 0. The van der Waals surface area contributed by atoms with Crippen molar-refractivity contribution in [2.24, 2.45) is 4.99 Å². The molecular formula is C28H29NO4. The lowest BCUT2D eigenvalue weighted by Gasteiger charge is -2.22. The molecule has 0 aromatic heterocycles. The highest BCUT2D eigenvalue weighted by molar-refractivity contribution is 6.12. The summed E-state index contributed by atoms with van der Waals surface area (Å²) in [6.07, 6.45) is 3.51. The summed E-state index contributed by atoms with van der Waals surface area (Å²) in [5, 5.41) is 0. The van der Waals surface area contributed by atoms with Gasteiger partial charge in [-0.15, -0.1) is 0 Å². The zero-order valence-corrected chi connectivity index (χ0v) is 19.9. The van der Waals surface area contributed by atoms with Crippen molar-refractivity contribution in [2.75, 3.05) is 0 Å². The molecule has 0 amide bonds. The van der Waals surface area contributed by atoms with Crippen molar-refractivity contribution in [3.63, 3.8) is 0 Å². The number of ether oxygens (including phenoxy) is 2.